The molecule has 0 N–H and O–H groups in total. The van der Waals surface area contributed by atoms with Gasteiger partial charge >= 0.3 is 17.9 Å². The molecular weight excluding hydrogens is 777 g/mol. The molecule has 0 amide bonds. The lowest BCUT2D eigenvalue weighted by molar-refractivity contribution is -0.167. The van der Waals surface area contributed by atoms with Gasteiger partial charge in [-0.1, -0.05) is 186 Å². The molecule has 0 aliphatic carbocycles. The molecule has 0 aliphatic heterocycles. The number of esters is 3. The molecule has 0 bridgehead atoms. The summed E-state index contributed by atoms with van der Waals surface area (Å²) >= 11 is 0. The molecule has 1 heterocycles. The van der Waals surface area contributed by atoms with Crippen LogP contribution in [0.15, 0.2) is 30.5 Å². The van der Waals surface area contributed by atoms with Crippen molar-refractivity contribution in [1.82, 2.24) is 9.47 Å². The molecule has 0 spiro atoms. The number of hydrogen-bond acceptors (Lipinski definition) is 8. The Labute approximate surface area is 378 Å². The third-order valence-corrected chi connectivity index (χ3v) is 12.0. The number of nitrogens with zero attached hydrogens (tertiary/aromatic N) is 2. The normalized spacial score (nSPS) is 11.5. The third kappa shape index (κ3) is 27.8. The number of carbonyl (C=O) groups excluding carboxylic acids is 4. The summed E-state index contributed by atoms with van der Waals surface area (Å²) in [6.07, 6.45) is 36.1. The van der Waals surface area contributed by atoms with Gasteiger partial charge in [0.15, 0.2) is 6.10 Å². The second kappa shape index (κ2) is 37.2. The fourth-order valence-electron chi connectivity index (χ4n) is 8.12. The van der Waals surface area contributed by atoms with Gasteiger partial charge in [0.1, 0.15) is 13.2 Å². The molecule has 354 valence electrons. The predicted octanol–water partition coefficient (Wildman–Crippen LogP) is 13.9. The number of fused-ring (bicyclic) bond motifs is 1. The average Bonchev–Trinajstić information content (AvgIpc) is 3.64. The number of likely N-dealkylation sites (N-methyl/N-ethyl adjacent to an activating group) is 1. The molecule has 1 aromatic heterocycles. The van der Waals surface area contributed by atoms with Gasteiger partial charge in [-0.2, -0.15) is 0 Å². The van der Waals surface area contributed by atoms with Crippen molar-refractivity contribution in [3.05, 3.63) is 36.0 Å². The molecule has 9 nitrogen and oxygen atoms in total. The summed E-state index contributed by atoms with van der Waals surface area (Å²) in [5.74, 6) is -1.11. The quantitative estimate of drug-likeness (QED) is 0.0370. The van der Waals surface area contributed by atoms with E-state index in [-0.39, 0.29) is 37.5 Å². The molecule has 0 saturated carbocycles. The molecule has 2 aromatic rings. The molecule has 2 rings (SSSR count). The fourth-order valence-corrected chi connectivity index (χ4v) is 8.12. The van der Waals surface area contributed by atoms with Crippen LogP contribution in [0.1, 0.15) is 230 Å². The summed E-state index contributed by atoms with van der Waals surface area (Å²) in [5.41, 5.74) is 2.05. The van der Waals surface area contributed by atoms with Crippen LogP contribution in [0.5, 0.6) is 0 Å². The van der Waals surface area contributed by atoms with E-state index < -0.39 is 12.1 Å². The van der Waals surface area contributed by atoms with Crippen LogP contribution in [-0.4, -0.2) is 73.2 Å². The monoisotopic (exact) mass is 867 g/mol. The summed E-state index contributed by atoms with van der Waals surface area (Å²) in [7, 11) is 4.08. The summed E-state index contributed by atoms with van der Waals surface area (Å²) in [4.78, 5) is 53.7. The summed E-state index contributed by atoms with van der Waals surface area (Å²) in [6.45, 7) is 5.11. The Bertz CT molecular complexity index is 1410. The van der Waals surface area contributed by atoms with Crippen molar-refractivity contribution >= 4 is 34.7 Å². The van der Waals surface area contributed by atoms with Gasteiger partial charge in [0.25, 0.3) is 0 Å². The van der Waals surface area contributed by atoms with Crippen LogP contribution in [0.4, 0.5) is 0 Å². The summed E-state index contributed by atoms with van der Waals surface area (Å²) < 4.78 is 18.5. The van der Waals surface area contributed by atoms with Crippen molar-refractivity contribution < 1.29 is 33.4 Å². The predicted molar refractivity (Wildman–Crippen MR) is 256 cm³/mol. The Hall–Kier alpha value is -3.20. The van der Waals surface area contributed by atoms with E-state index in [1.807, 2.05) is 38.5 Å². The van der Waals surface area contributed by atoms with Crippen molar-refractivity contribution in [2.45, 2.75) is 232 Å². The Morgan fingerprint density at radius 2 is 0.903 bits per heavy atom. The molecule has 0 radical (unpaired) electrons. The van der Waals surface area contributed by atoms with Crippen LogP contribution in [-0.2, 0) is 35.0 Å². The minimum absolute atomic E-state index is 0.00522. The Morgan fingerprint density at radius 1 is 0.516 bits per heavy atom. The highest BCUT2D eigenvalue weighted by molar-refractivity contribution is 5.94. The van der Waals surface area contributed by atoms with E-state index in [1.165, 1.54) is 128 Å². The van der Waals surface area contributed by atoms with E-state index >= 15 is 0 Å². The Kier molecular flexibility index (Phi) is 33.0. The van der Waals surface area contributed by atoms with Gasteiger partial charge in [-0.05, 0) is 57.8 Å². The maximum atomic E-state index is 13.3. The first-order valence-electron chi connectivity index (χ1n) is 25.5. The zero-order chi connectivity index (χ0) is 44.9. The molecule has 1 aromatic carbocycles. The van der Waals surface area contributed by atoms with Crippen LogP contribution in [0.25, 0.3) is 10.9 Å². The van der Waals surface area contributed by atoms with Gasteiger partial charge in [0.2, 0.25) is 5.91 Å². The van der Waals surface area contributed by atoms with E-state index in [9.17, 15) is 19.2 Å². The largest absolute Gasteiger partial charge is 0.462 e. The average molecular weight is 867 g/mol. The number of carbonyl (C=O) groups is 4. The van der Waals surface area contributed by atoms with Gasteiger partial charge in [-0.3, -0.25) is 23.7 Å². The maximum Gasteiger partial charge on any atom is 0.306 e. The minimum atomic E-state index is -0.873. The van der Waals surface area contributed by atoms with Gasteiger partial charge in [0, 0.05) is 43.8 Å². The number of hydrogen-bond donors (Lipinski definition) is 0. The topological polar surface area (TPSA) is 104 Å². The number of rotatable bonds is 41. The molecule has 0 aliphatic rings. The van der Waals surface area contributed by atoms with E-state index in [1.54, 1.807) is 4.57 Å². The molecule has 62 heavy (non-hydrogen) atoms. The lowest BCUT2D eigenvalue weighted by atomic mass is 10.0. The Balaban J connectivity index is 1.73. The first-order valence-corrected chi connectivity index (χ1v) is 25.5. The zero-order valence-corrected chi connectivity index (χ0v) is 40.2. The van der Waals surface area contributed by atoms with Gasteiger partial charge in [-0.25, -0.2) is 0 Å². The minimum Gasteiger partial charge on any atom is -0.462 e. The molecule has 0 atom stereocenters. The zero-order valence-electron chi connectivity index (χ0n) is 40.2. The summed E-state index contributed by atoms with van der Waals surface area (Å²) in [6, 6.07) is 7.98. The Morgan fingerprint density at radius 3 is 1.35 bits per heavy atom. The number of aromatic nitrogens is 1. The molecule has 0 fully saturated rings. The third-order valence-electron chi connectivity index (χ3n) is 12.0. The van der Waals surface area contributed by atoms with Crippen molar-refractivity contribution in [3.63, 3.8) is 0 Å². The first kappa shape index (κ1) is 54.9. The number of para-hydroxylation sites is 1. The number of benzene rings is 1. The van der Waals surface area contributed by atoms with Crippen molar-refractivity contribution in [1.29, 1.82) is 0 Å². The van der Waals surface area contributed by atoms with Gasteiger partial charge in [-0.15, -0.1) is 0 Å². The highest BCUT2D eigenvalue weighted by Gasteiger charge is 2.20. The van der Waals surface area contributed by atoms with Crippen LogP contribution in [0.3, 0.4) is 0 Å². The molecular formula is C53H90N2O7. The van der Waals surface area contributed by atoms with E-state index in [4.69, 9.17) is 14.2 Å². The van der Waals surface area contributed by atoms with Crippen molar-refractivity contribution in [3.8, 4) is 0 Å². The first-order chi connectivity index (χ1) is 30.2. The van der Waals surface area contributed by atoms with Crippen LogP contribution >= 0.6 is 0 Å². The second-order valence-corrected chi connectivity index (χ2v) is 18.2. The fraction of sp³-hybridized carbons (Fsp3) is 0.774. The van der Waals surface area contributed by atoms with E-state index in [0.717, 1.165) is 68.0 Å². The van der Waals surface area contributed by atoms with E-state index in [0.29, 0.717) is 32.1 Å². The SMILES string of the molecule is CCCCCCCCCCCCCCCC(=O)OCC(COC(=O)CCCCCCCCCCCCCCC)OC(=O)CCCCC(=O)n1cc(CCN(C)C)c2ccccc21. The smallest absolute Gasteiger partial charge is 0.306 e. The van der Waals surface area contributed by atoms with Crippen LogP contribution < -0.4 is 0 Å². The maximum absolute atomic E-state index is 13.3. The number of ether oxygens (including phenoxy) is 3. The van der Waals surface area contributed by atoms with Gasteiger partial charge < -0.3 is 19.1 Å². The number of unbranched alkanes of at least 4 members (excludes halogenated alkanes) is 25. The van der Waals surface area contributed by atoms with Crippen molar-refractivity contribution in [2.75, 3.05) is 33.9 Å². The van der Waals surface area contributed by atoms with Crippen LogP contribution in [0, 0.1) is 0 Å². The second-order valence-electron chi connectivity index (χ2n) is 18.2. The van der Waals surface area contributed by atoms with Gasteiger partial charge in [0.05, 0.1) is 5.52 Å². The van der Waals surface area contributed by atoms with E-state index in [2.05, 4.69) is 24.8 Å². The molecule has 0 saturated heterocycles. The standard InChI is InChI=1S/C53H90N2O7/c1-5-7-9-11-13-15-17-19-21-23-25-27-29-38-51(57)60-44-47(45-61-52(58)39-30-28-26-24-22-20-18-16-14-12-10-8-6-2)62-53(59)40-34-33-37-50(56)55-43-46(41-42-54(3)4)48-35-31-32-36-49(48)55/h31-32,35-36,43,47H,5-30,33-34,37-42,44-45H2,1-4H3. The molecule has 0 unspecified atom stereocenters. The highest BCUT2D eigenvalue weighted by atomic mass is 16.6. The van der Waals surface area contributed by atoms with Crippen LogP contribution in [0.2, 0.25) is 0 Å². The van der Waals surface area contributed by atoms with Crippen molar-refractivity contribution in [2.24, 2.45) is 0 Å². The lowest BCUT2D eigenvalue weighted by Gasteiger charge is -2.18. The summed E-state index contributed by atoms with van der Waals surface area (Å²) in [5, 5.41) is 1.09. The lowest BCUT2D eigenvalue weighted by Crippen LogP contribution is -2.30. The highest BCUT2D eigenvalue weighted by Crippen LogP contribution is 2.23. The molecule has 9 heteroatoms.